The van der Waals surface area contributed by atoms with Crippen molar-refractivity contribution in [1.29, 1.82) is 0 Å². The monoisotopic (exact) mass is 194 g/mol. The van der Waals surface area contributed by atoms with E-state index in [4.69, 9.17) is 10.5 Å². The topological polar surface area (TPSA) is 47.3 Å². The van der Waals surface area contributed by atoms with Gasteiger partial charge in [0.15, 0.2) is 0 Å². The van der Waals surface area contributed by atoms with Crippen LogP contribution < -0.4 is 15.8 Å². The number of methoxy groups -OCH3 is 1. The van der Waals surface area contributed by atoms with Crippen LogP contribution in [0.3, 0.4) is 0 Å². The highest BCUT2D eigenvalue weighted by atomic mass is 16.5. The first-order chi connectivity index (χ1) is 6.77. The SMILES string of the molecule is COc1ccccc1CN[C@@H](C)CN. The third-order valence-corrected chi connectivity index (χ3v) is 2.19. The Balaban J connectivity index is 2.57. The van der Waals surface area contributed by atoms with Crippen LogP contribution >= 0.6 is 0 Å². The molecule has 0 aliphatic heterocycles. The van der Waals surface area contributed by atoms with Crippen molar-refractivity contribution < 1.29 is 4.74 Å². The van der Waals surface area contributed by atoms with Gasteiger partial charge in [-0.3, -0.25) is 0 Å². The van der Waals surface area contributed by atoms with Crippen LogP contribution in [-0.4, -0.2) is 19.7 Å². The summed E-state index contributed by atoms with van der Waals surface area (Å²) in [5, 5.41) is 3.32. The van der Waals surface area contributed by atoms with Crippen molar-refractivity contribution >= 4 is 0 Å². The number of rotatable bonds is 5. The number of nitrogens with two attached hydrogens (primary N) is 1. The fraction of sp³-hybridized carbons (Fsp3) is 0.455. The van der Waals surface area contributed by atoms with E-state index >= 15 is 0 Å². The highest BCUT2D eigenvalue weighted by molar-refractivity contribution is 5.32. The fourth-order valence-electron chi connectivity index (χ4n) is 1.22. The van der Waals surface area contributed by atoms with E-state index in [0.29, 0.717) is 12.6 Å². The first kappa shape index (κ1) is 11.0. The van der Waals surface area contributed by atoms with E-state index in [1.54, 1.807) is 7.11 Å². The predicted molar refractivity (Wildman–Crippen MR) is 58.4 cm³/mol. The average Bonchev–Trinajstić information content (AvgIpc) is 2.26. The van der Waals surface area contributed by atoms with E-state index in [9.17, 15) is 0 Å². The second-order valence-corrected chi connectivity index (χ2v) is 3.33. The van der Waals surface area contributed by atoms with Crippen molar-refractivity contribution in [2.75, 3.05) is 13.7 Å². The van der Waals surface area contributed by atoms with Crippen LogP contribution in [0, 0.1) is 0 Å². The van der Waals surface area contributed by atoms with Crippen LogP contribution in [0.5, 0.6) is 5.75 Å². The standard InChI is InChI=1S/C11H18N2O/c1-9(7-12)13-8-10-5-3-4-6-11(10)14-2/h3-6,9,13H,7-8,12H2,1-2H3/t9-/m0/s1. The molecule has 0 spiro atoms. The third-order valence-electron chi connectivity index (χ3n) is 2.19. The number of hydrogen-bond acceptors (Lipinski definition) is 3. The van der Waals surface area contributed by atoms with E-state index < -0.39 is 0 Å². The van der Waals surface area contributed by atoms with Gasteiger partial charge in [0.05, 0.1) is 7.11 Å². The zero-order chi connectivity index (χ0) is 10.4. The number of benzene rings is 1. The lowest BCUT2D eigenvalue weighted by molar-refractivity contribution is 0.406. The van der Waals surface area contributed by atoms with Crippen LogP contribution in [0.2, 0.25) is 0 Å². The smallest absolute Gasteiger partial charge is 0.123 e. The normalized spacial score (nSPS) is 12.5. The van der Waals surface area contributed by atoms with Gasteiger partial charge in [0.25, 0.3) is 0 Å². The van der Waals surface area contributed by atoms with E-state index in [2.05, 4.69) is 18.3 Å². The quantitative estimate of drug-likeness (QED) is 0.738. The molecule has 78 valence electrons. The van der Waals surface area contributed by atoms with E-state index in [1.807, 2.05) is 18.2 Å². The molecule has 0 heterocycles. The Morgan fingerprint density at radius 2 is 2.14 bits per heavy atom. The van der Waals surface area contributed by atoms with Gasteiger partial charge in [-0.1, -0.05) is 18.2 Å². The van der Waals surface area contributed by atoms with Gasteiger partial charge >= 0.3 is 0 Å². The van der Waals surface area contributed by atoms with Crippen molar-refractivity contribution in [2.45, 2.75) is 19.5 Å². The number of ether oxygens (including phenoxy) is 1. The third kappa shape index (κ3) is 3.01. The minimum atomic E-state index is 0.333. The maximum atomic E-state index is 5.51. The predicted octanol–water partition coefficient (Wildman–Crippen LogP) is 1.13. The second kappa shape index (κ2) is 5.62. The lowest BCUT2D eigenvalue weighted by Gasteiger charge is -2.13. The summed E-state index contributed by atoms with van der Waals surface area (Å²) in [5.41, 5.74) is 6.68. The molecule has 0 fully saturated rings. The van der Waals surface area contributed by atoms with Gasteiger partial charge < -0.3 is 15.8 Å². The second-order valence-electron chi connectivity index (χ2n) is 3.33. The number of para-hydroxylation sites is 1. The molecule has 1 aromatic carbocycles. The summed E-state index contributed by atoms with van der Waals surface area (Å²) in [7, 11) is 1.69. The van der Waals surface area contributed by atoms with Crippen LogP contribution in [0.1, 0.15) is 12.5 Å². The molecule has 3 nitrogen and oxygen atoms in total. The van der Waals surface area contributed by atoms with Crippen molar-refractivity contribution in [3.63, 3.8) is 0 Å². The first-order valence-corrected chi connectivity index (χ1v) is 4.83. The molecule has 0 bridgehead atoms. The molecule has 3 N–H and O–H groups in total. The summed E-state index contributed by atoms with van der Waals surface area (Å²) in [6.07, 6.45) is 0. The Labute approximate surface area is 85.3 Å². The van der Waals surface area contributed by atoms with Gasteiger partial charge in [-0.2, -0.15) is 0 Å². The molecule has 14 heavy (non-hydrogen) atoms. The van der Waals surface area contributed by atoms with E-state index in [-0.39, 0.29) is 0 Å². The molecule has 0 aromatic heterocycles. The molecule has 0 aliphatic rings. The highest BCUT2D eigenvalue weighted by Crippen LogP contribution is 2.16. The zero-order valence-corrected chi connectivity index (χ0v) is 8.79. The Hall–Kier alpha value is -1.06. The molecule has 0 unspecified atom stereocenters. The maximum Gasteiger partial charge on any atom is 0.123 e. The molecule has 0 amide bonds. The molecule has 1 rings (SSSR count). The summed E-state index contributed by atoms with van der Waals surface area (Å²) >= 11 is 0. The maximum absolute atomic E-state index is 5.51. The van der Waals surface area contributed by atoms with Crippen LogP contribution in [0.15, 0.2) is 24.3 Å². The van der Waals surface area contributed by atoms with Gasteiger partial charge in [0.2, 0.25) is 0 Å². The molecule has 0 saturated heterocycles. The van der Waals surface area contributed by atoms with Crippen LogP contribution in [-0.2, 0) is 6.54 Å². The average molecular weight is 194 g/mol. The van der Waals surface area contributed by atoms with Gasteiger partial charge in [-0.05, 0) is 13.0 Å². The fourth-order valence-corrected chi connectivity index (χ4v) is 1.22. The minimum Gasteiger partial charge on any atom is -0.496 e. The summed E-state index contributed by atoms with van der Waals surface area (Å²) in [4.78, 5) is 0. The first-order valence-electron chi connectivity index (χ1n) is 4.83. The molecule has 0 aliphatic carbocycles. The van der Waals surface area contributed by atoms with Gasteiger partial charge in [-0.25, -0.2) is 0 Å². The van der Waals surface area contributed by atoms with Crippen molar-refractivity contribution in [3.8, 4) is 5.75 Å². The molecular formula is C11H18N2O. The van der Waals surface area contributed by atoms with Crippen LogP contribution in [0.4, 0.5) is 0 Å². The van der Waals surface area contributed by atoms with Gasteiger partial charge in [0, 0.05) is 24.7 Å². The molecule has 3 heteroatoms. The summed E-state index contributed by atoms with van der Waals surface area (Å²) < 4.78 is 5.24. The molecule has 0 saturated carbocycles. The largest absolute Gasteiger partial charge is 0.496 e. The summed E-state index contributed by atoms with van der Waals surface area (Å²) in [5.74, 6) is 0.921. The Bertz CT molecular complexity index is 276. The Morgan fingerprint density at radius 3 is 2.79 bits per heavy atom. The highest BCUT2D eigenvalue weighted by Gasteiger charge is 2.02. The molecule has 1 aromatic rings. The van der Waals surface area contributed by atoms with Crippen molar-refractivity contribution in [2.24, 2.45) is 5.73 Å². The Morgan fingerprint density at radius 1 is 1.43 bits per heavy atom. The summed E-state index contributed by atoms with van der Waals surface area (Å²) in [6.45, 7) is 3.51. The van der Waals surface area contributed by atoms with Crippen molar-refractivity contribution in [3.05, 3.63) is 29.8 Å². The number of hydrogen-bond donors (Lipinski definition) is 2. The lowest BCUT2D eigenvalue weighted by Crippen LogP contribution is -2.32. The lowest BCUT2D eigenvalue weighted by atomic mass is 10.2. The molecular weight excluding hydrogens is 176 g/mol. The minimum absolute atomic E-state index is 0.333. The zero-order valence-electron chi connectivity index (χ0n) is 8.79. The van der Waals surface area contributed by atoms with Crippen molar-refractivity contribution in [1.82, 2.24) is 5.32 Å². The molecule has 1 atom stereocenters. The molecule has 0 radical (unpaired) electrons. The van der Waals surface area contributed by atoms with E-state index in [0.717, 1.165) is 17.9 Å². The number of nitrogens with one attached hydrogen (secondary N) is 1. The van der Waals surface area contributed by atoms with E-state index in [1.165, 1.54) is 0 Å². The summed E-state index contributed by atoms with van der Waals surface area (Å²) in [6, 6.07) is 8.32. The van der Waals surface area contributed by atoms with Gasteiger partial charge in [0.1, 0.15) is 5.75 Å². The van der Waals surface area contributed by atoms with Gasteiger partial charge in [-0.15, -0.1) is 0 Å². The Kier molecular flexibility index (Phi) is 4.43. The van der Waals surface area contributed by atoms with Crippen LogP contribution in [0.25, 0.3) is 0 Å².